The molecule has 29 heavy (non-hydrogen) atoms. The van der Waals surface area contributed by atoms with Crippen molar-refractivity contribution >= 4 is 12.1 Å². The number of ether oxygens (including phenoxy) is 3. The largest absolute Gasteiger partial charge is 0.384 e. The van der Waals surface area contributed by atoms with Gasteiger partial charge in [0.15, 0.2) is 0 Å². The first-order valence-electron chi connectivity index (χ1n) is 11.6. The van der Waals surface area contributed by atoms with Gasteiger partial charge in [-0.25, -0.2) is 0 Å². The number of hydrogen-bond donors (Lipinski definition) is 0. The number of fused-ring (bicyclic) bond motifs is 5. The minimum absolute atomic E-state index is 0.0692. The molecule has 4 saturated carbocycles. The maximum atomic E-state index is 12.9. The Balaban J connectivity index is 1.61. The van der Waals surface area contributed by atoms with Crippen molar-refractivity contribution in [3.8, 4) is 0 Å². The number of rotatable bonds is 7. The lowest BCUT2D eigenvalue weighted by molar-refractivity contribution is -0.179. The van der Waals surface area contributed by atoms with Crippen molar-refractivity contribution in [1.82, 2.24) is 0 Å². The van der Waals surface area contributed by atoms with Gasteiger partial charge in [0.25, 0.3) is 0 Å². The Kier molecular flexibility index (Phi) is 6.21. The summed E-state index contributed by atoms with van der Waals surface area (Å²) in [5.41, 5.74) is -0.185. The molecule has 4 rings (SSSR count). The van der Waals surface area contributed by atoms with Crippen molar-refractivity contribution in [1.29, 1.82) is 0 Å². The van der Waals surface area contributed by atoms with Gasteiger partial charge in [-0.2, -0.15) is 0 Å². The van der Waals surface area contributed by atoms with Gasteiger partial charge in [-0.3, -0.25) is 4.79 Å². The van der Waals surface area contributed by atoms with Crippen LogP contribution >= 0.6 is 0 Å². The van der Waals surface area contributed by atoms with Crippen LogP contribution in [-0.4, -0.2) is 45.8 Å². The molecule has 5 heteroatoms. The van der Waals surface area contributed by atoms with E-state index in [2.05, 4.69) is 0 Å². The number of carbonyl (C=O) groups excluding carboxylic acids is 2. The zero-order valence-electron chi connectivity index (χ0n) is 18.4. The van der Waals surface area contributed by atoms with Crippen LogP contribution < -0.4 is 0 Å². The summed E-state index contributed by atoms with van der Waals surface area (Å²) in [5.74, 6) is 2.35. The molecule has 8 atom stereocenters. The van der Waals surface area contributed by atoms with Crippen LogP contribution in [0.15, 0.2) is 0 Å². The summed E-state index contributed by atoms with van der Waals surface area (Å²) in [4.78, 5) is 24.7. The van der Waals surface area contributed by atoms with Crippen molar-refractivity contribution in [2.45, 2.75) is 70.8 Å². The van der Waals surface area contributed by atoms with Gasteiger partial charge in [0.1, 0.15) is 18.9 Å². The third-order valence-electron chi connectivity index (χ3n) is 9.55. The van der Waals surface area contributed by atoms with Crippen molar-refractivity contribution < 1.29 is 23.8 Å². The third-order valence-corrected chi connectivity index (χ3v) is 9.55. The van der Waals surface area contributed by atoms with Crippen LogP contribution in [0.25, 0.3) is 0 Å². The van der Waals surface area contributed by atoms with Gasteiger partial charge in [0, 0.05) is 25.6 Å². The van der Waals surface area contributed by atoms with Gasteiger partial charge in [-0.15, -0.1) is 0 Å². The fourth-order valence-corrected chi connectivity index (χ4v) is 8.48. The average molecular weight is 407 g/mol. The predicted molar refractivity (Wildman–Crippen MR) is 109 cm³/mol. The van der Waals surface area contributed by atoms with E-state index in [0.29, 0.717) is 30.5 Å². The minimum Gasteiger partial charge on any atom is -0.384 e. The second-order valence-electron chi connectivity index (χ2n) is 10.2. The number of aldehydes is 1. The average Bonchev–Trinajstić information content (AvgIpc) is 3.12. The van der Waals surface area contributed by atoms with E-state index in [9.17, 15) is 9.59 Å². The van der Waals surface area contributed by atoms with E-state index >= 15 is 0 Å². The van der Waals surface area contributed by atoms with E-state index in [-0.39, 0.29) is 28.6 Å². The van der Waals surface area contributed by atoms with E-state index in [4.69, 9.17) is 14.2 Å². The lowest BCUT2D eigenvalue weighted by Crippen LogP contribution is -2.58. The van der Waals surface area contributed by atoms with Crippen molar-refractivity contribution in [2.75, 3.05) is 27.6 Å². The van der Waals surface area contributed by atoms with E-state index in [1.54, 1.807) is 14.0 Å². The highest BCUT2D eigenvalue weighted by Gasteiger charge is 2.64. The molecule has 0 bridgehead atoms. The summed E-state index contributed by atoms with van der Waals surface area (Å²) in [5, 5.41) is 0. The molecule has 0 N–H and O–H groups in total. The van der Waals surface area contributed by atoms with E-state index in [1.165, 1.54) is 12.8 Å². The first kappa shape index (κ1) is 21.5. The smallest absolute Gasteiger partial charge is 0.146 e. The van der Waals surface area contributed by atoms with E-state index in [1.807, 2.05) is 7.11 Å². The van der Waals surface area contributed by atoms with Gasteiger partial charge in [0.2, 0.25) is 0 Å². The van der Waals surface area contributed by atoms with E-state index < -0.39 is 0 Å². The molecule has 0 amide bonds. The zero-order chi connectivity index (χ0) is 20.6. The van der Waals surface area contributed by atoms with Gasteiger partial charge in [-0.1, -0.05) is 0 Å². The highest BCUT2D eigenvalue weighted by Crippen LogP contribution is 2.67. The second-order valence-corrected chi connectivity index (χ2v) is 10.2. The zero-order valence-corrected chi connectivity index (χ0v) is 18.4. The number of ketones is 1. The maximum Gasteiger partial charge on any atom is 0.146 e. The fraction of sp³-hybridized carbons (Fsp3) is 0.917. The topological polar surface area (TPSA) is 61.8 Å². The number of carbonyl (C=O) groups is 2. The molecule has 4 aliphatic rings. The highest BCUT2D eigenvalue weighted by molar-refractivity contribution is 5.87. The standard InChI is InChI=1S/C24H38O5/c1-16(26)24-11-9-21-20(22(24)7-5-18(24)13-25)6-4-17-12-19(29-15-28-3)8-10-23(17,21)14-27-2/h13,17-22H,4-12,14-15H2,1-3H3/t17-,18+,19+,20+,21-,22-,23+,24-/m0/s1. The second kappa shape index (κ2) is 8.39. The lowest BCUT2D eigenvalue weighted by Gasteiger charge is -2.61. The Labute approximate surface area is 175 Å². The Morgan fingerprint density at radius 1 is 1.00 bits per heavy atom. The Bertz CT molecular complexity index is 620. The summed E-state index contributed by atoms with van der Waals surface area (Å²) in [7, 11) is 3.52. The Morgan fingerprint density at radius 2 is 1.83 bits per heavy atom. The van der Waals surface area contributed by atoms with Crippen LogP contribution in [0.4, 0.5) is 0 Å². The molecule has 0 aliphatic heterocycles. The Morgan fingerprint density at radius 3 is 2.52 bits per heavy atom. The van der Waals surface area contributed by atoms with Crippen LogP contribution in [0, 0.1) is 40.4 Å². The SMILES string of the molecule is COCO[C@@H]1CC[C@@]2(COC)[C@@H](CC[C@@H]3[C@@H]2CC[C@]2(C(C)=O)[C@@H](C=O)CC[C@@H]32)C1. The van der Waals surface area contributed by atoms with Crippen LogP contribution in [0.2, 0.25) is 0 Å². The fourth-order valence-electron chi connectivity index (χ4n) is 8.48. The van der Waals surface area contributed by atoms with Gasteiger partial charge in [0.05, 0.1) is 12.7 Å². The van der Waals surface area contributed by atoms with Gasteiger partial charge >= 0.3 is 0 Å². The Hall–Kier alpha value is -0.780. The molecule has 0 unspecified atom stereocenters. The molecule has 0 aromatic carbocycles. The predicted octanol–water partition coefficient (Wildman–Crippen LogP) is 4.03. The third kappa shape index (κ3) is 3.23. The lowest BCUT2D eigenvalue weighted by atomic mass is 9.43. The van der Waals surface area contributed by atoms with Crippen molar-refractivity contribution in [3.63, 3.8) is 0 Å². The first-order valence-corrected chi connectivity index (χ1v) is 11.6. The maximum absolute atomic E-state index is 12.9. The molecule has 0 radical (unpaired) electrons. The summed E-state index contributed by atoms with van der Waals surface area (Å²) >= 11 is 0. The molecule has 0 spiro atoms. The van der Waals surface area contributed by atoms with Crippen LogP contribution in [0.5, 0.6) is 0 Å². The summed E-state index contributed by atoms with van der Waals surface area (Å²) in [6, 6.07) is 0. The van der Waals surface area contributed by atoms with Gasteiger partial charge < -0.3 is 19.0 Å². The van der Waals surface area contributed by atoms with Crippen molar-refractivity contribution in [3.05, 3.63) is 0 Å². The molecule has 4 aliphatic carbocycles. The summed E-state index contributed by atoms with van der Waals surface area (Å²) < 4.78 is 16.9. The molecule has 0 aromatic rings. The van der Waals surface area contributed by atoms with Crippen LogP contribution in [0.3, 0.4) is 0 Å². The summed E-state index contributed by atoms with van der Waals surface area (Å²) in [6.45, 7) is 2.92. The van der Waals surface area contributed by atoms with Crippen LogP contribution in [-0.2, 0) is 23.8 Å². The highest BCUT2D eigenvalue weighted by atomic mass is 16.7. The number of methoxy groups -OCH3 is 2. The van der Waals surface area contributed by atoms with Crippen molar-refractivity contribution in [2.24, 2.45) is 40.4 Å². The van der Waals surface area contributed by atoms with Gasteiger partial charge in [-0.05, 0) is 93.8 Å². The number of hydrogen-bond acceptors (Lipinski definition) is 5. The van der Waals surface area contributed by atoms with E-state index in [0.717, 1.165) is 57.8 Å². The molecule has 4 fully saturated rings. The quantitative estimate of drug-likeness (QED) is 0.472. The van der Waals surface area contributed by atoms with Crippen LogP contribution in [0.1, 0.15) is 64.7 Å². The molecule has 0 heterocycles. The molecule has 0 saturated heterocycles. The number of Topliss-reactive ketones (excluding diaryl/α,β-unsaturated/α-hetero) is 1. The monoisotopic (exact) mass is 406 g/mol. The molecule has 0 aromatic heterocycles. The summed E-state index contributed by atoms with van der Waals surface area (Å²) in [6.07, 6.45) is 10.9. The molecular weight excluding hydrogens is 368 g/mol. The minimum atomic E-state index is -0.386. The first-order chi connectivity index (χ1) is 14.0. The molecule has 164 valence electrons. The molecular formula is C24H38O5. The molecule has 5 nitrogen and oxygen atoms in total. The normalized spacial score (nSPS) is 46.4.